The van der Waals surface area contributed by atoms with Gasteiger partial charge in [-0.2, -0.15) is 0 Å². The van der Waals surface area contributed by atoms with Crippen LogP contribution in [0.15, 0.2) is 54.6 Å². The zero-order valence-corrected chi connectivity index (χ0v) is 17.8. The lowest BCUT2D eigenvalue weighted by Gasteiger charge is -2.14. The van der Waals surface area contributed by atoms with Gasteiger partial charge in [-0.25, -0.2) is 17.6 Å². The Morgan fingerprint density at radius 2 is 1.56 bits per heavy atom. The fourth-order valence-corrected chi connectivity index (χ4v) is 3.13. The van der Waals surface area contributed by atoms with E-state index in [2.05, 4.69) is 16.0 Å². The van der Waals surface area contributed by atoms with Crippen LogP contribution < -0.4 is 16.0 Å². The number of anilines is 2. The van der Waals surface area contributed by atoms with Gasteiger partial charge in [-0.1, -0.05) is 12.1 Å². The Bertz CT molecular complexity index is 1150. The topological polar surface area (TPSA) is 53.2 Å². The van der Waals surface area contributed by atoms with Gasteiger partial charge in [0.1, 0.15) is 11.6 Å². The second-order valence-electron chi connectivity index (χ2n) is 6.99. The summed E-state index contributed by atoms with van der Waals surface area (Å²) >= 11 is 5.28. The van der Waals surface area contributed by atoms with Crippen molar-refractivity contribution in [1.82, 2.24) is 5.32 Å². The molecule has 32 heavy (non-hydrogen) atoms. The van der Waals surface area contributed by atoms with E-state index in [0.29, 0.717) is 41.6 Å². The van der Waals surface area contributed by atoms with Gasteiger partial charge in [0, 0.05) is 24.0 Å². The van der Waals surface area contributed by atoms with Crippen molar-refractivity contribution in [2.45, 2.75) is 13.3 Å². The third-order valence-electron chi connectivity index (χ3n) is 4.60. The number of hydrogen-bond acceptors (Lipinski definition) is 2. The van der Waals surface area contributed by atoms with Gasteiger partial charge in [0.25, 0.3) is 5.91 Å². The van der Waals surface area contributed by atoms with Crippen molar-refractivity contribution in [2.24, 2.45) is 0 Å². The number of carbonyl (C=O) groups is 1. The number of carbonyl (C=O) groups excluding carboxylic acids is 1. The van der Waals surface area contributed by atoms with Crippen LogP contribution in [0.25, 0.3) is 0 Å². The van der Waals surface area contributed by atoms with Crippen LogP contribution in [0.2, 0.25) is 0 Å². The van der Waals surface area contributed by atoms with E-state index >= 15 is 0 Å². The number of thiocarbonyl (C=S) groups is 1. The third-order valence-corrected chi connectivity index (χ3v) is 4.85. The predicted molar refractivity (Wildman–Crippen MR) is 120 cm³/mol. The average Bonchev–Trinajstić information content (AvgIpc) is 2.74. The first-order valence-electron chi connectivity index (χ1n) is 9.59. The van der Waals surface area contributed by atoms with Crippen LogP contribution in [0.3, 0.4) is 0 Å². The molecule has 3 N–H and O–H groups in total. The first-order chi connectivity index (χ1) is 15.2. The second kappa shape index (κ2) is 10.2. The maximum atomic E-state index is 13.8. The fourth-order valence-electron chi connectivity index (χ4n) is 2.91. The Hall–Kier alpha value is -3.46. The Labute approximate surface area is 187 Å². The monoisotopic (exact) mass is 461 g/mol. The van der Waals surface area contributed by atoms with Crippen molar-refractivity contribution in [3.05, 3.63) is 94.6 Å². The number of amides is 1. The minimum Gasteiger partial charge on any atom is -0.362 e. The van der Waals surface area contributed by atoms with Gasteiger partial charge in [0.05, 0.1) is 5.56 Å². The van der Waals surface area contributed by atoms with Crippen molar-refractivity contribution in [3.8, 4) is 0 Å². The van der Waals surface area contributed by atoms with Crippen molar-refractivity contribution in [3.63, 3.8) is 0 Å². The molecule has 0 aliphatic rings. The van der Waals surface area contributed by atoms with Crippen LogP contribution in [0, 0.1) is 30.2 Å². The molecule has 0 saturated carbocycles. The van der Waals surface area contributed by atoms with Crippen LogP contribution in [-0.2, 0) is 6.42 Å². The Morgan fingerprint density at radius 1 is 0.875 bits per heavy atom. The molecular weight excluding hydrogens is 442 g/mol. The number of aryl methyl sites for hydroxylation is 1. The zero-order valence-electron chi connectivity index (χ0n) is 16.9. The van der Waals surface area contributed by atoms with Crippen molar-refractivity contribution < 1.29 is 22.4 Å². The SMILES string of the molecule is Cc1cc(NC(=O)c2cc(F)c(F)cc2F)ccc1NC(=S)NCCc1ccc(F)cc1. The molecule has 0 aliphatic heterocycles. The maximum absolute atomic E-state index is 13.8. The first kappa shape index (κ1) is 23.2. The highest BCUT2D eigenvalue weighted by Crippen LogP contribution is 2.21. The minimum absolute atomic E-state index is 0.288. The Kier molecular flexibility index (Phi) is 7.42. The smallest absolute Gasteiger partial charge is 0.258 e. The van der Waals surface area contributed by atoms with Gasteiger partial charge >= 0.3 is 0 Å². The molecule has 0 atom stereocenters. The standard InChI is InChI=1S/C23H19F4N3OS/c1-13-10-16(29-22(31)17-11-19(26)20(27)12-18(17)25)6-7-21(13)30-23(32)28-9-8-14-2-4-15(24)5-3-14/h2-7,10-12H,8-9H2,1H3,(H,29,31)(H2,28,30,32). The van der Waals surface area contributed by atoms with Crippen LogP contribution in [-0.4, -0.2) is 17.6 Å². The molecule has 3 aromatic rings. The molecule has 0 aromatic heterocycles. The first-order valence-corrected chi connectivity index (χ1v) is 9.99. The summed E-state index contributed by atoms with van der Waals surface area (Å²) in [4.78, 5) is 12.2. The highest BCUT2D eigenvalue weighted by molar-refractivity contribution is 7.80. The Balaban J connectivity index is 1.56. The summed E-state index contributed by atoms with van der Waals surface area (Å²) in [7, 11) is 0. The maximum Gasteiger partial charge on any atom is 0.258 e. The fraction of sp³-hybridized carbons (Fsp3) is 0.130. The normalized spacial score (nSPS) is 10.5. The van der Waals surface area contributed by atoms with Gasteiger partial charge in [-0.15, -0.1) is 0 Å². The van der Waals surface area contributed by atoms with E-state index in [1.54, 1.807) is 37.3 Å². The summed E-state index contributed by atoms with van der Waals surface area (Å²) in [6, 6.07) is 11.9. The summed E-state index contributed by atoms with van der Waals surface area (Å²) in [5, 5.41) is 8.93. The summed E-state index contributed by atoms with van der Waals surface area (Å²) < 4.78 is 53.1. The van der Waals surface area contributed by atoms with Crippen LogP contribution in [0.4, 0.5) is 28.9 Å². The van der Waals surface area contributed by atoms with Crippen LogP contribution in [0.5, 0.6) is 0 Å². The van der Waals surface area contributed by atoms with Crippen LogP contribution in [0.1, 0.15) is 21.5 Å². The molecule has 0 heterocycles. The number of halogens is 4. The minimum atomic E-state index is -1.37. The zero-order chi connectivity index (χ0) is 23.3. The summed E-state index contributed by atoms with van der Waals surface area (Å²) in [6.07, 6.45) is 0.659. The van der Waals surface area contributed by atoms with E-state index in [0.717, 1.165) is 11.1 Å². The highest BCUT2D eigenvalue weighted by Gasteiger charge is 2.16. The van der Waals surface area contributed by atoms with E-state index in [1.165, 1.54) is 12.1 Å². The van der Waals surface area contributed by atoms with Crippen molar-refractivity contribution >= 4 is 34.6 Å². The molecule has 0 saturated heterocycles. The summed E-state index contributed by atoms with van der Waals surface area (Å²) in [6.45, 7) is 2.32. The number of benzene rings is 3. The molecule has 0 spiro atoms. The second-order valence-corrected chi connectivity index (χ2v) is 7.40. The molecule has 0 radical (unpaired) electrons. The van der Waals surface area contributed by atoms with E-state index < -0.39 is 28.9 Å². The number of nitrogens with one attached hydrogen (secondary N) is 3. The predicted octanol–water partition coefficient (Wildman–Crippen LogP) is 5.33. The molecule has 9 heteroatoms. The molecular formula is C23H19F4N3OS. The molecule has 3 rings (SSSR count). The van der Waals surface area contributed by atoms with Gasteiger partial charge in [-0.05, 0) is 73.1 Å². The quantitative estimate of drug-likeness (QED) is 0.264. The van der Waals surface area contributed by atoms with Crippen molar-refractivity contribution in [2.75, 3.05) is 17.2 Å². The summed E-state index contributed by atoms with van der Waals surface area (Å²) in [5.74, 6) is -5.03. The van der Waals surface area contributed by atoms with E-state index in [1.807, 2.05) is 0 Å². The summed E-state index contributed by atoms with van der Waals surface area (Å²) in [5.41, 5.74) is 2.13. The lowest BCUT2D eigenvalue weighted by molar-refractivity contribution is 0.102. The van der Waals surface area contributed by atoms with E-state index in [-0.39, 0.29) is 5.82 Å². The molecule has 0 unspecified atom stereocenters. The average molecular weight is 461 g/mol. The molecule has 1 amide bonds. The van der Waals surface area contributed by atoms with Gasteiger partial charge in [0.2, 0.25) is 0 Å². The van der Waals surface area contributed by atoms with E-state index in [4.69, 9.17) is 12.2 Å². The highest BCUT2D eigenvalue weighted by atomic mass is 32.1. The molecule has 0 bridgehead atoms. The lowest BCUT2D eigenvalue weighted by atomic mass is 10.1. The molecule has 0 aliphatic carbocycles. The van der Waals surface area contributed by atoms with Gasteiger partial charge in [0.15, 0.2) is 16.7 Å². The number of hydrogen-bond donors (Lipinski definition) is 3. The van der Waals surface area contributed by atoms with E-state index in [9.17, 15) is 22.4 Å². The van der Waals surface area contributed by atoms with Crippen LogP contribution >= 0.6 is 12.2 Å². The van der Waals surface area contributed by atoms with Crippen molar-refractivity contribution in [1.29, 1.82) is 0 Å². The molecule has 4 nitrogen and oxygen atoms in total. The van der Waals surface area contributed by atoms with Gasteiger partial charge < -0.3 is 16.0 Å². The molecule has 3 aromatic carbocycles. The molecule has 166 valence electrons. The largest absolute Gasteiger partial charge is 0.362 e. The third kappa shape index (κ3) is 6.04. The lowest BCUT2D eigenvalue weighted by Crippen LogP contribution is -2.30. The molecule has 0 fully saturated rings. The number of rotatable bonds is 6. The van der Waals surface area contributed by atoms with Gasteiger partial charge in [-0.3, -0.25) is 4.79 Å². The Morgan fingerprint density at radius 3 is 2.25 bits per heavy atom.